The number of carbonyl (C=O) groups is 1. The van der Waals surface area contributed by atoms with Crippen molar-refractivity contribution in [1.29, 1.82) is 0 Å². The third kappa shape index (κ3) is 3.71. The molecule has 0 bridgehead atoms. The van der Waals surface area contributed by atoms with E-state index in [1.54, 1.807) is 12.1 Å². The molecular weight excluding hydrogens is 402 g/mol. The Morgan fingerprint density at radius 1 is 1.32 bits per heavy atom. The summed E-state index contributed by atoms with van der Waals surface area (Å²) in [4.78, 5) is 27.4. The molecule has 2 aromatic carbocycles. The first-order chi connectivity index (χ1) is 13.2. The molecule has 0 fully saturated rings. The van der Waals surface area contributed by atoms with Crippen molar-refractivity contribution >= 4 is 43.0 Å². The number of nitrogens with zero attached hydrogens (tertiary/aromatic N) is 3. The van der Waals surface area contributed by atoms with E-state index < -0.39 is 20.7 Å². The van der Waals surface area contributed by atoms with Crippen LogP contribution in [0, 0.1) is 22.5 Å². The molecule has 3 rings (SSSR count). The van der Waals surface area contributed by atoms with Gasteiger partial charge in [0.15, 0.2) is 14.6 Å². The van der Waals surface area contributed by atoms with Gasteiger partial charge in [0, 0.05) is 18.4 Å². The number of benzene rings is 2. The Bertz CT molecular complexity index is 1330. The molecule has 0 aliphatic heterocycles. The molecule has 8 nitrogen and oxygen atoms in total. The Morgan fingerprint density at radius 2 is 2.04 bits per heavy atom. The van der Waals surface area contributed by atoms with Gasteiger partial charge in [-0.15, -0.1) is 6.42 Å². The summed E-state index contributed by atoms with van der Waals surface area (Å²) >= 11 is 1.13. The standard InChI is InChI=1S/C18H13N3O5S2/c1-3-10-20-14-11-12(21(23)24)8-9-15(14)27-18(20)19-17(22)13-6-4-5-7-16(13)28(2,25)26/h1,4-9,11H,10H2,2H3. The summed E-state index contributed by atoms with van der Waals surface area (Å²) in [7, 11) is -3.62. The third-order valence-electron chi connectivity index (χ3n) is 3.84. The van der Waals surface area contributed by atoms with Crippen molar-refractivity contribution < 1.29 is 18.1 Å². The van der Waals surface area contributed by atoms with Gasteiger partial charge in [-0.1, -0.05) is 29.4 Å². The highest BCUT2D eigenvalue weighted by Gasteiger charge is 2.19. The molecule has 0 radical (unpaired) electrons. The normalized spacial score (nSPS) is 12.1. The Morgan fingerprint density at radius 3 is 2.68 bits per heavy atom. The summed E-state index contributed by atoms with van der Waals surface area (Å²) in [5.74, 6) is 1.69. The molecule has 10 heteroatoms. The first-order valence-electron chi connectivity index (χ1n) is 7.82. The summed E-state index contributed by atoms with van der Waals surface area (Å²) < 4.78 is 26.0. The number of hydrogen-bond donors (Lipinski definition) is 0. The average molecular weight is 415 g/mol. The molecule has 1 amide bonds. The molecule has 1 heterocycles. The molecule has 0 atom stereocenters. The highest BCUT2D eigenvalue weighted by molar-refractivity contribution is 7.90. The minimum absolute atomic E-state index is 0.0427. The minimum Gasteiger partial charge on any atom is -0.304 e. The van der Waals surface area contributed by atoms with Gasteiger partial charge in [0.1, 0.15) is 0 Å². The predicted octanol–water partition coefficient (Wildman–Crippen LogP) is 2.39. The van der Waals surface area contributed by atoms with Gasteiger partial charge < -0.3 is 4.57 Å². The summed E-state index contributed by atoms with van der Waals surface area (Å²) in [5, 5.41) is 11.0. The predicted molar refractivity (Wildman–Crippen MR) is 105 cm³/mol. The summed E-state index contributed by atoms with van der Waals surface area (Å²) in [6.45, 7) is 0.0427. The summed E-state index contributed by atoms with van der Waals surface area (Å²) in [6, 6.07) is 10.0. The van der Waals surface area contributed by atoms with E-state index >= 15 is 0 Å². The van der Waals surface area contributed by atoms with E-state index in [0.29, 0.717) is 10.2 Å². The van der Waals surface area contributed by atoms with Crippen molar-refractivity contribution in [2.45, 2.75) is 11.4 Å². The topological polar surface area (TPSA) is 112 Å². The second kappa shape index (κ2) is 7.38. The maximum Gasteiger partial charge on any atom is 0.280 e. The molecule has 0 aliphatic rings. The Hall–Kier alpha value is -3.29. The fourth-order valence-electron chi connectivity index (χ4n) is 2.61. The number of rotatable bonds is 4. The van der Waals surface area contributed by atoms with Crippen molar-refractivity contribution in [3.05, 3.63) is 62.9 Å². The fraction of sp³-hybridized carbons (Fsp3) is 0.111. The number of amides is 1. The van der Waals surface area contributed by atoms with Crippen LogP contribution in [0.3, 0.4) is 0 Å². The lowest BCUT2D eigenvalue weighted by Crippen LogP contribution is -2.17. The lowest BCUT2D eigenvalue weighted by molar-refractivity contribution is -0.384. The molecule has 0 aliphatic carbocycles. The van der Waals surface area contributed by atoms with Gasteiger partial charge in [0.25, 0.3) is 11.6 Å². The first-order valence-corrected chi connectivity index (χ1v) is 10.5. The molecule has 1 aromatic heterocycles. The minimum atomic E-state index is -3.62. The van der Waals surface area contributed by atoms with Gasteiger partial charge >= 0.3 is 0 Å². The van der Waals surface area contributed by atoms with E-state index in [0.717, 1.165) is 17.6 Å². The number of non-ortho nitro benzene ring substituents is 1. The fourth-order valence-corrected chi connectivity index (χ4v) is 4.50. The van der Waals surface area contributed by atoms with Crippen molar-refractivity contribution in [1.82, 2.24) is 4.57 Å². The first kappa shape index (κ1) is 19.5. The second-order valence-corrected chi connectivity index (χ2v) is 8.76. The van der Waals surface area contributed by atoms with Crippen molar-refractivity contribution in [3.63, 3.8) is 0 Å². The van der Waals surface area contributed by atoms with E-state index in [-0.39, 0.29) is 27.5 Å². The average Bonchev–Trinajstić information content (AvgIpc) is 2.98. The van der Waals surface area contributed by atoms with Gasteiger partial charge in [0.05, 0.1) is 32.1 Å². The number of hydrogen-bond acceptors (Lipinski definition) is 6. The highest BCUT2D eigenvalue weighted by atomic mass is 32.2. The number of terminal acetylenes is 1. The number of nitro groups is 1. The molecule has 0 unspecified atom stereocenters. The zero-order valence-electron chi connectivity index (χ0n) is 14.5. The van der Waals surface area contributed by atoms with E-state index in [1.165, 1.54) is 34.9 Å². The number of fused-ring (bicyclic) bond motifs is 1. The van der Waals surface area contributed by atoms with E-state index in [1.807, 2.05) is 0 Å². The van der Waals surface area contributed by atoms with Gasteiger partial charge in [-0.05, 0) is 18.2 Å². The van der Waals surface area contributed by atoms with Crippen LogP contribution in [0.1, 0.15) is 10.4 Å². The lowest BCUT2D eigenvalue weighted by Gasteiger charge is -2.04. The van der Waals surface area contributed by atoms with E-state index in [9.17, 15) is 23.3 Å². The van der Waals surface area contributed by atoms with Crippen LogP contribution >= 0.6 is 11.3 Å². The number of aromatic nitrogens is 1. The van der Waals surface area contributed by atoms with Crippen LogP contribution in [0.25, 0.3) is 10.2 Å². The lowest BCUT2D eigenvalue weighted by atomic mass is 10.2. The van der Waals surface area contributed by atoms with Gasteiger partial charge in [0.2, 0.25) is 0 Å². The number of carbonyl (C=O) groups excluding carboxylic acids is 1. The molecule has 3 aromatic rings. The van der Waals surface area contributed by atoms with Crippen molar-refractivity contribution in [2.24, 2.45) is 4.99 Å². The zero-order valence-corrected chi connectivity index (χ0v) is 16.2. The summed E-state index contributed by atoms with van der Waals surface area (Å²) in [5.41, 5.74) is 0.303. The van der Waals surface area contributed by atoms with Crippen molar-refractivity contribution in [3.8, 4) is 12.3 Å². The molecule has 0 spiro atoms. The molecule has 0 N–H and O–H groups in total. The number of nitro benzene ring substituents is 1. The summed E-state index contributed by atoms with van der Waals surface area (Å²) in [6.07, 6.45) is 6.40. The van der Waals surface area contributed by atoms with Crippen LogP contribution in [0.4, 0.5) is 5.69 Å². The molecule has 142 valence electrons. The maximum absolute atomic E-state index is 12.7. The van der Waals surface area contributed by atoms with Gasteiger partial charge in [-0.3, -0.25) is 14.9 Å². The van der Waals surface area contributed by atoms with Gasteiger partial charge in [-0.2, -0.15) is 4.99 Å². The van der Waals surface area contributed by atoms with E-state index in [2.05, 4.69) is 10.9 Å². The van der Waals surface area contributed by atoms with Crippen LogP contribution < -0.4 is 4.80 Å². The maximum atomic E-state index is 12.7. The Labute approximate surface area is 163 Å². The molecule has 0 saturated heterocycles. The van der Waals surface area contributed by atoms with Crippen LogP contribution in [0.15, 0.2) is 52.4 Å². The third-order valence-corrected chi connectivity index (χ3v) is 6.05. The van der Waals surface area contributed by atoms with Crippen LogP contribution in [-0.4, -0.2) is 30.1 Å². The molecule has 28 heavy (non-hydrogen) atoms. The highest BCUT2D eigenvalue weighted by Crippen LogP contribution is 2.23. The smallest absolute Gasteiger partial charge is 0.280 e. The Kier molecular flexibility index (Phi) is 5.13. The quantitative estimate of drug-likeness (QED) is 0.369. The Balaban J connectivity index is 2.23. The van der Waals surface area contributed by atoms with E-state index in [4.69, 9.17) is 6.42 Å². The van der Waals surface area contributed by atoms with Crippen molar-refractivity contribution in [2.75, 3.05) is 6.26 Å². The zero-order chi connectivity index (χ0) is 20.5. The number of thiazole rings is 1. The van der Waals surface area contributed by atoms with Crippen LogP contribution in [-0.2, 0) is 16.4 Å². The largest absolute Gasteiger partial charge is 0.304 e. The monoisotopic (exact) mass is 415 g/mol. The molecular formula is C18H13N3O5S2. The van der Waals surface area contributed by atoms with Gasteiger partial charge in [-0.25, -0.2) is 8.42 Å². The number of sulfone groups is 1. The second-order valence-electron chi connectivity index (χ2n) is 5.77. The van der Waals surface area contributed by atoms with Crippen LogP contribution in [0.5, 0.6) is 0 Å². The SMILES string of the molecule is C#CCn1c(=NC(=O)c2ccccc2S(C)(=O)=O)sc2ccc([N+](=O)[O-])cc21. The molecule has 0 saturated carbocycles. The van der Waals surface area contributed by atoms with Crippen LogP contribution in [0.2, 0.25) is 0 Å².